The molecule has 0 radical (unpaired) electrons. The molecule has 144 valence electrons. The van der Waals surface area contributed by atoms with Gasteiger partial charge < -0.3 is 15.0 Å². The molecule has 1 N–H and O–H groups in total. The van der Waals surface area contributed by atoms with E-state index in [2.05, 4.69) is 55.4 Å². The summed E-state index contributed by atoms with van der Waals surface area (Å²) in [5.74, 6) is -0.278. The quantitative estimate of drug-likeness (QED) is 0.658. The van der Waals surface area contributed by atoms with Gasteiger partial charge in [0.05, 0.1) is 12.5 Å². The van der Waals surface area contributed by atoms with Crippen LogP contribution < -0.4 is 5.32 Å². The van der Waals surface area contributed by atoms with Crippen molar-refractivity contribution in [2.24, 2.45) is 5.92 Å². The molecule has 1 atom stereocenters. The summed E-state index contributed by atoms with van der Waals surface area (Å²) < 4.78 is 0. The molecule has 0 saturated heterocycles. The van der Waals surface area contributed by atoms with Crippen LogP contribution in [0.3, 0.4) is 0 Å². The zero-order valence-electron chi connectivity index (χ0n) is 16.5. The molecule has 0 aliphatic rings. The van der Waals surface area contributed by atoms with Gasteiger partial charge >= 0.3 is 0 Å². The fraction of sp³-hybridized carbons (Fsp3) is 0.391. The predicted molar refractivity (Wildman–Crippen MR) is 110 cm³/mol. The van der Waals surface area contributed by atoms with Crippen molar-refractivity contribution < 1.29 is 9.59 Å². The van der Waals surface area contributed by atoms with Gasteiger partial charge in [0.15, 0.2) is 0 Å². The van der Waals surface area contributed by atoms with E-state index < -0.39 is 0 Å². The van der Waals surface area contributed by atoms with Crippen LogP contribution in [0.4, 0.5) is 0 Å². The highest BCUT2D eigenvalue weighted by molar-refractivity contribution is 5.81. The first-order valence-corrected chi connectivity index (χ1v) is 9.41. The average molecular weight is 367 g/mol. The zero-order valence-corrected chi connectivity index (χ0v) is 16.5. The Morgan fingerprint density at radius 3 is 2.26 bits per heavy atom. The van der Waals surface area contributed by atoms with Crippen molar-refractivity contribution in [3.8, 4) is 0 Å². The molecule has 0 saturated carbocycles. The SMILES string of the molecule is CN(CC(Cc1ccccc1)C(=O)NCC=O)CC(C)(C)c1ccccc1. The molecule has 0 spiro atoms. The largest absolute Gasteiger partial charge is 0.349 e. The van der Waals surface area contributed by atoms with Gasteiger partial charge in [-0.05, 0) is 24.6 Å². The second-order valence-electron chi connectivity index (χ2n) is 7.75. The number of hydrogen-bond donors (Lipinski definition) is 1. The molecule has 0 heterocycles. The van der Waals surface area contributed by atoms with E-state index in [1.54, 1.807) is 0 Å². The minimum absolute atomic E-state index is 0.0213. The molecular weight excluding hydrogens is 336 g/mol. The Labute approximate surface area is 162 Å². The molecule has 2 aromatic carbocycles. The summed E-state index contributed by atoms with van der Waals surface area (Å²) in [6.45, 7) is 5.97. The normalized spacial score (nSPS) is 12.6. The molecule has 4 nitrogen and oxygen atoms in total. The first-order chi connectivity index (χ1) is 12.9. The van der Waals surface area contributed by atoms with Crippen LogP contribution >= 0.6 is 0 Å². The second-order valence-corrected chi connectivity index (χ2v) is 7.75. The lowest BCUT2D eigenvalue weighted by atomic mass is 9.84. The molecule has 1 unspecified atom stereocenters. The number of carbonyl (C=O) groups is 2. The van der Waals surface area contributed by atoms with Crippen molar-refractivity contribution in [1.29, 1.82) is 0 Å². The second kappa shape index (κ2) is 10.0. The Balaban J connectivity index is 2.06. The molecule has 4 heteroatoms. The maximum absolute atomic E-state index is 12.6. The monoisotopic (exact) mass is 366 g/mol. The van der Waals surface area contributed by atoms with E-state index in [1.807, 2.05) is 36.4 Å². The lowest BCUT2D eigenvalue weighted by molar-refractivity contribution is -0.126. The molecule has 2 aromatic rings. The molecule has 0 aromatic heterocycles. The number of rotatable bonds is 10. The van der Waals surface area contributed by atoms with Crippen molar-refractivity contribution in [3.63, 3.8) is 0 Å². The van der Waals surface area contributed by atoms with Crippen molar-refractivity contribution in [2.45, 2.75) is 25.7 Å². The van der Waals surface area contributed by atoms with Gasteiger partial charge in [0.2, 0.25) is 5.91 Å². The third kappa shape index (κ3) is 6.65. The van der Waals surface area contributed by atoms with Crippen molar-refractivity contribution in [3.05, 3.63) is 71.8 Å². The van der Waals surface area contributed by atoms with Crippen molar-refractivity contribution in [2.75, 3.05) is 26.7 Å². The molecule has 2 rings (SSSR count). The summed E-state index contributed by atoms with van der Waals surface area (Å²) in [6, 6.07) is 20.4. The maximum Gasteiger partial charge on any atom is 0.225 e. The number of aldehydes is 1. The van der Waals surface area contributed by atoms with Crippen LogP contribution in [-0.4, -0.2) is 43.8 Å². The Morgan fingerprint density at radius 2 is 1.67 bits per heavy atom. The third-order valence-electron chi connectivity index (χ3n) is 4.81. The highest BCUT2D eigenvalue weighted by Gasteiger charge is 2.26. The van der Waals surface area contributed by atoms with Crippen molar-refractivity contribution >= 4 is 12.2 Å². The van der Waals surface area contributed by atoms with Crippen LogP contribution in [-0.2, 0) is 21.4 Å². The Kier molecular flexibility index (Phi) is 7.74. The summed E-state index contributed by atoms with van der Waals surface area (Å²) in [4.78, 5) is 25.4. The summed E-state index contributed by atoms with van der Waals surface area (Å²) in [7, 11) is 2.05. The van der Waals surface area contributed by atoms with Gasteiger partial charge in [-0.15, -0.1) is 0 Å². The van der Waals surface area contributed by atoms with E-state index in [1.165, 1.54) is 5.56 Å². The summed E-state index contributed by atoms with van der Waals surface area (Å²) in [5, 5.41) is 2.72. The van der Waals surface area contributed by atoms with E-state index in [0.29, 0.717) is 13.0 Å². The molecule has 0 aliphatic carbocycles. The number of benzene rings is 2. The van der Waals surface area contributed by atoms with E-state index in [9.17, 15) is 9.59 Å². The van der Waals surface area contributed by atoms with Gasteiger partial charge in [-0.3, -0.25) is 4.79 Å². The molecule has 0 fully saturated rings. The maximum atomic E-state index is 12.6. The van der Waals surface area contributed by atoms with E-state index >= 15 is 0 Å². The zero-order chi connectivity index (χ0) is 19.7. The lowest BCUT2D eigenvalue weighted by Gasteiger charge is -2.32. The molecule has 27 heavy (non-hydrogen) atoms. The number of hydrogen-bond acceptors (Lipinski definition) is 3. The minimum atomic E-state index is -0.205. The van der Waals surface area contributed by atoms with Crippen LogP contribution in [0.15, 0.2) is 60.7 Å². The number of likely N-dealkylation sites (N-methyl/N-ethyl adjacent to an activating group) is 1. The predicted octanol–water partition coefficient (Wildman–Crippen LogP) is 3.07. The van der Waals surface area contributed by atoms with E-state index in [0.717, 1.165) is 18.4 Å². The smallest absolute Gasteiger partial charge is 0.225 e. The fourth-order valence-electron chi connectivity index (χ4n) is 3.52. The van der Waals surface area contributed by atoms with Crippen LogP contribution in [0.5, 0.6) is 0 Å². The van der Waals surface area contributed by atoms with Gasteiger partial charge in [0.1, 0.15) is 6.29 Å². The van der Waals surface area contributed by atoms with Crippen molar-refractivity contribution in [1.82, 2.24) is 10.2 Å². The third-order valence-corrected chi connectivity index (χ3v) is 4.81. The summed E-state index contributed by atoms with van der Waals surface area (Å²) in [6.07, 6.45) is 1.38. The fourth-order valence-corrected chi connectivity index (χ4v) is 3.52. The number of amides is 1. The van der Waals surface area contributed by atoms with Gasteiger partial charge in [-0.2, -0.15) is 0 Å². The van der Waals surface area contributed by atoms with Crippen LogP contribution in [0.25, 0.3) is 0 Å². The topological polar surface area (TPSA) is 49.4 Å². The number of nitrogens with zero attached hydrogens (tertiary/aromatic N) is 1. The Morgan fingerprint density at radius 1 is 1.07 bits per heavy atom. The standard InChI is InChI=1S/C23H30N2O2/c1-23(2,21-12-8-5-9-13-21)18-25(3)17-20(22(27)24-14-15-26)16-19-10-6-4-7-11-19/h4-13,15,20H,14,16-18H2,1-3H3,(H,24,27). The Bertz CT molecular complexity index is 714. The molecule has 0 aliphatic heterocycles. The lowest BCUT2D eigenvalue weighted by Crippen LogP contribution is -2.43. The van der Waals surface area contributed by atoms with Gasteiger partial charge in [-0.1, -0.05) is 74.5 Å². The van der Waals surface area contributed by atoms with Gasteiger partial charge in [0.25, 0.3) is 0 Å². The van der Waals surface area contributed by atoms with Crippen LogP contribution in [0, 0.1) is 5.92 Å². The highest BCUT2D eigenvalue weighted by atomic mass is 16.2. The van der Waals surface area contributed by atoms with Crippen LogP contribution in [0.1, 0.15) is 25.0 Å². The first kappa shape index (κ1) is 20.8. The molecule has 0 bridgehead atoms. The highest BCUT2D eigenvalue weighted by Crippen LogP contribution is 2.24. The average Bonchev–Trinajstić information content (AvgIpc) is 2.66. The number of nitrogens with one attached hydrogen (secondary N) is 1. The minimum Gasteiger partial charge on any atom is -0.349 e. The first-order valence-electron chi connectivity index (χ1n) is 9.41. The molecule has 1 amide bonds. The Hall–Kier alpha value is -2.46. The van der Waals surface area contributed by atoms with Crippen LogP contribution in [0.2, 0.25) is 0 Å². The van der Waals surface area contributed by atoms with E-state index in [4.69, 9.17) is 0 Å². The summed E-state index contributed by atoms with van der Waals surface area (Å²) in [5.41, 5.74) is 2.38. The number of carbonyl (C=O) groups excluding carboxylic acids is 2. The van der Waals surface area contributed by atoms with E-state index in [-0.39, 0.29) is 23.8 Å². The molecular formula is C23H30N2O2. The summed E-state index contributed by atoms with van der Waals surface area (Å²) >= 11 is 0. The van der Waals surface area contributed by atoms with Gasteiger partial charge in [0, 0.05) is 18.5 Å². The van der Waals surface area contributed by atoms with Gasteiger partial charge in [-0.25, -0.2) is 0 Å².